The SMILES string of the molecule is O=C(CO/N=C/c1cccs1)NCc1cccs1. The van der Waals surface area contributed by atoms with Crippen LogP contribution in [0.15, 0.2) is 40.2 Å². The molecule has 4 nitrogen and oxygen atoms in total. The van der Waals surface area contributed by atoms with E-state index in [1.54, 1.807) is 28.9 Å². The molecule has 0 spiro atoms. The third-order valence-corrected chi connectivity index (χ3v) is 3.72. The Morgan fingerprint density at radius 3 is 2.89 bits per heavy atom. The van der Waals surface area contributed by atoms with Crippen molar-refractivity contribution >= 4 is 34.8 Å². The minimum Gasteiger partial charge on any atom is -0.386 e. The van der Waals surface area contributed by atoms with Crippen LogP contribution in [0.3, 0.4) is 0 Å². The summed E-state index contributed by atoms with van der Waals surface area (Å²) in [4.78, 5) is 18.4. The summed E-state index contributed by atoms with van der Waals surface area (Å²) in [5.41, 5.74) is 0. The van der Waals surface area contributed by atoms with Gasteiger partial charge in [0.15, 0.2) is 6.61 Å². The minimum atomic E-state index is -0.174. The van der Waals surface area contributed by atoms with E-state index in [1.165, 1.54) is 0 Å². The molecule has 0 saturated carbocycles. The summed E-state index contributed by atoms with van der Waals surface area (Å²) < 4.78 is 0. The van der Waals surface area contributed by atoms with Crippen LogP contribution in [0.2, 0.25) is 0 Å². The molecule has 0 aliphatic heterocycles. The second-order valence-corrected chi connectivity index (χ2v) is 5.39. The van der Waals surface area contributed by atoms with Gasteiger partial charge in [-0.1, -0.05) is 17.3 Å². The van der Waals surface area contributed by atoms with Crippen molar-refractivity contribution in [2.24, 2.45) is 5.16 Å². The van der Waals surface area contributed by atoms with Crippen LogP contribution in [-0.2, 0) is 16.2 Å². The molecule has 0 fully saturated rings. The molecule has 0 saturated heterocycles. The van der Waals surface area contributed by atoms with E-state index < -0.39 is 0 Å². The van der Waals surface area contributed by atoms with Crippen LogP contribution in [-0.4, -0.2) is 18.7 Å². The summed E-state index contributed by atoms with van der Waals surface area (Å²) in [5.74, 6) is -0.174. The monoisotopic (exact) mass is 280 g/mol. The number of hydrogen-bond acceptors (Lipinski definition) is 5. The van der Waals surface area contributed by atoms with E-state index in [-0.39, 0.29) is 12.5 Å². The smallest absolute Gasteiger partial charge is 0.261 e. The first-order valence-corrected chi connectivity index (χ1v) is 7.08. The average molecular weight is 280 g/mol. The molecule has 2 rings (SSSR count). The maximum atomic E-state index is 11.4. The maximum absolute atomic E-state index is 11.4. The Labute approximate surface area is 113 Å². The first kappa shape index (κ1) is 12.8. The van der Waals surface area contributed by atoms with E-state index >= 15 is 0 Å². The van der Waals surface area contributed by atoms with Crippen molar-refractivity contribution in [2.45, 2.75) is 6.54 Å². The Hall–Kier alpha value is -1.66. The number of rotatable bonds is 6. The highest BCUT2D eigenvalue weighted by molar-refractivity contribution is 7.11. The normalized spacial score (nSPS) is 10.7. The Morgan fingerprint density at radius 2 is 2.17 bits per heavy atom. The van der Waals surface area contributed by atoms with E-state index in [0.717, 1.165) is 9.75 Å². The number of amides is 1. The van der Waals surface area contributed by atoms with E-state index in [9.17, 15) is 4.79 Å². The molecule has 18 heavy (non-hydrogen) atoms. The van der Waals surface area contributed by atoms with Crippen molar-refractivity contribution in [2.75, 3.05) is 6.61 Å². The molecule has 2 heterocycles. The average Bonchev–Trinajstić information content (AvgIpc) is 3.04. The quantitative estimate of drug-likeness (QED) is 0.653. The Balaban J connectivity index is 1.63. The van der Waals surface area contributed by atoms with Gasteiger partial charge in [-0.2, -0.15) is 0 Å². The zero-order valence-corrected chi connectivity index (χ0v) is 11.2. The molecule has 0 unspecified atom stereocenters. The molecule has 6 heteroatoms. The number of nitrogens with zero attached hydrogens (tertiary/aromatic N) is 1. The zero-order chi connectivity index (χ0) is 12.6. The first-order valence-electron chi connectivity index (χ1n) is 5.32. The number of carbonyl (C=O) groups is 1. The third-order valence-electron chi connectivity index (χ3n) is 2.03. The Bertz CT molecular complexity index is 492. The topological polar surface area (TPSA) is 50.7 Å². The van der Waals surface area contributed by atoms with E-state index in [4.69, 9.17) is 4.84 Å². The Morgan fingerprint density at radius 1 is 1.33 bits per heavy atom. The van der Waals surface area contributed by atoms with Gasteiger partial charge in [-0.3, -0.25) is 4.79 Å². The van der Waals surface area contributed by atoms with Crippen LogP contribution >= 0.6 is 22.7 Å². The lowest BCUT2D eigenvalue weighted by Crippen LogP contribution is -2.26. The summed E-state index contributed by atoms with van der Waals surface area (Å²) in [6.45, 7) is 0.474. The molecule has 2 aromatic rings. The van der Waals surface area contributed by atoms with Crippen molar-refractivity contribution in [1.29, 1.82) is 0 Å². The second kappa shape index (κ2) is 6.93. The van der Waals surface area contributed by atoms with Gasteiger partial charge >= 0.3 is 0 Å². The summed E-state index contributed by atoms with van der Waals surface area (Å²) >= 11 is 3.17. The number of nitrogens with one attached hydrogen (secondary N) is 1. The molecule has 0 bridgehead atoms. The van der Waals surface area contributed by atoms with Gasteiger partial charge in [-0.05, 0) is 22.9 Å². The summed E-state index contributed by atoms with van der Waals surface area (Å²) in [5, 5.41) is 10.4. The van der Waals surface area contributed by atoms with Gasteiger partial charge in [-0.15, -0.1) is 22.7 Å². The fourth-order valence-corrected chi connectivity index (χ4v) is 2.42. The lowest BCUT2D eigenvalue weighted by atomic mass is 10.4. The molecule has 94 valence electrons. The highest BCUT2D eigenvalue weighted by atomic mass is 32.1. The number of thiophene rings is 2. The maximum Gasteiger partial charge on any atom is 0.261 e. The van der Waals surface area contributed by atoms with Gasteiger partial charge in [-0.25, -0.2) is 0 Å². The summed E-state index contributed by atoms with van der Waals surface area (Å²) in [6.07, 6.45) is 1.59. The highest BCUT2D eigenvalue weighted by Gasteiger charge is 2.01. The van der Waals surface area contributed by atoms with Gasteiger partial charge in [0.1, 0.15) is 0 Å². The van der Waals surface area contributed by atoms with Crippen molar-refractivity contribution < 1.29 is 9.63 Å². The standard InChI is InChI=1S/C12H12N2O2S2/c15-12(13-7-10-3-1-5-17-10)9-16-14-8-11-4-2-6-18-11/h1-6,8H,7,9H2,(H,13,15)/b14-8+. The predicted octanol–water partition coefficient (Wildman–Crippen LogP) is 2.48. The lowest BCUT2D eigenvalue weighted by molar-refractivity contribution is -0.125. The number of hydrogen-bond donors (Lipinski definition) is 1. The molecule has 0 radical (unpaired) electrons. The third kappa shape index (κ3) is 4.31. The molecule has 2 aromatic heterocycles. The van der Waals surface area contributed by atoms with Crippen LogP contribution in [0, 0.1) is 0 Å². The molecular weight excluding hydrogens is 268 g/mol. The summed E-state index contributed by atoms with van der Waals surface area (Å²) in [6, 6.07) is 7.78. The van der Waals surface area contributed by atoms with E-state index in [1.807, 2.05) is 35.0 Å². The fraction of sp³-hybridized carbons (Fsp3) is 0.167. The van der Waals surface area contributed by atoms with Crippen LogP contribution in [0.25, 0.3) is 0 Å². The van der Waals surface area contributed by atoms with Crippen LogP contribution < -0.4 is 5.32 Å². The van der Waals surface area contributed by atoms with Crippen molar-refractivity contribution in [3.05, 3.63) is 44.8 Å². The first-order chi connectivity index (χ1) is 8.84. The second-order valence-electron chi connectivity index (χ2n) is 3.38. The van der Waals surface area contributed by atoms with Crippen molar-refractivity contribution in [1.82, 2.24) is 5.32 Å². The molecule has 0 aliphatic rings. The van der Waals surface area contributed by atoms with Crippen molar-refractivity contribution in [3.63, 3.8) is 0 Å². The van der Waals surface area contributed by atoms with E-state index in [2.05, 4.69) is 10.5 Å². The highest BCUT2D eigenvalue weighted by Crippen LogP contribution is 2.07. The molecule has 1 N–H and O–H groups in total. The van der Waals surface area contributed by atoms with Crippen LogP contribution in [0.5, 0.6) is 0 Å². The zero-order valence-electron chi connectivity index (χ0n) is 9.54. The van der Waals surface area contributed by atoms with Crippen LogP contribution in [0.4, 0.5) is 0 Å². The van der Waals surface area contributed by atoms with Gasteiger partial charge < -0.3 is 10.2 Å². The predicted molar refractivity (Wildman–Crippen MR) is 74.0 cm³/mol. The molecule has 1 amide bonds. The van der Waals surface area contributed by atoms with Gasteiger partial charge in [0.25, 0.3) is 5.91 Å². The minimum absolute atomic E-state index is 0.0623. The van der Waals surface area contributed by atoms with Crippen molar-refractivity contribution in [3.8, 4) is 0 Å². The molecule has 0 atom stereocenters. The Kier molecular flexibility index (Phi) is 4.92. The number of carbonyl (C=O) groups excluding carboxylic acids is 1. The molecule has 0 aromatic carbocycles. The largest absolute Gasteiger partial charge is 0.386 e. The summed E-state index contributed by atoms with van der Waals surface area (Å²) in [7, 11) is 0. The van der Waals surface area contributed by atoms with E-state index in [0.29, 0.717) is 6.54 Å². The lowest BCUT2D eigenvalue weighted by Gasteiger charge is -2.01. The fourth-order valence-electron chi connectivity index (χ4n) is 1.20. The van der Waals surface area contributed by atoms with Gasteiger partial charge in [0, 0.05) is 9.75 Å². The number of oxime groups is 1. The molecule has 0 aliphatic carbocycles. The van der Waals surface area contributed by atoms with Gasteiger partial charge in [0.2, 0.25) is 0 Å². The van der Waals surface area contributed by atoms with Gasteiger partial charge in [0.05, 0.1) is 12.8 Å². The molecular formula is C12H12N2O2S2. The van der Waals surface area contributed by atoms with Crippen LogP contribution in [0.1, 0.15) is 9.75 Å².